The van der Waals surface area contributed by atoms with Crippen LogP contribution in [0.3, 0.4) is 0 Å². The van der Waals surface area contributed by atoms with Gasteiger partial charge in [0.25, 0.3) is 5.56 Å². The molecule has 9 nitrogen and oxygen atoms in total. The fourth-order valence-electron chi connectivity index (χ4n) is 2.67. The Hall–Kier alpha value is -1.10. The van der Waals surface area contributed by atoms with E-state index in [1.54, 1.807) is 0 Å². The van der Waals surface area contributed by atoms with Gasteiger partial charge < -0.3 is 18.5 Å². The molecule has 0 radical (unpaired) electrons. The van der Waals surface area contributed by atoms with Crippen molar-refractivity contribution in [3.05, 3.63) is 33.1 Å². The van der Waals surface area contributed by atoms with Crippen molar-refractivity contribution in [1.29, 1.82) is 0 Å². The number of H-pyrrole nitrogens is 1. The van der Waals surface area contributed by atoms with E-state index < -0.39 is 44.9 Å². The summed E-state index contributed by atoms with van der Waals surface area (Å²) in [4.78, 5) is 36.3. The first-order valence-corrected chi connectivity index (χ1v) is 11.1. The summed E-state index contributed by atoms with van der Waals surface area (Å²) in [5.74, 6) is 0.595. The maximum atomic E-state index is 14.9. The van der Waals surface area contributed by atoms with Gasteiger partial charge in [-0.15, -0.1) is 0 Å². The Kier molecular flexibility index (Phi) is 10.5. The molecule has 1 aliphatic rings. The molecule has 1 fully saturated rings. The van der Waals surface area contributed by atoms with Crippen molar-refractivity contribution in [2.45, 2.75) is 51.3 Å². The van der Waals surface area contributed by atoms with Crippen LogP contribution in [-0.4, -0.2) is 58.6 Å². The van der Waals surface area contributed by atoms with Crippen molar-refractivity contribution in [2.24, 2.45) is 0 Å². The van der Waals surface area contributed by atoms with E-state index in [4.69, 9.17) is 18.5 Å². The Morgan fingerprint density at radius 1 is 1.34 bits per heavy atom. The largest absolute Gasteiger partial charge is 0.378 e. The Morgan fingerprint density at radius 3 is 2.83 bits per heavy atom. The molecular weight excluding hydrogens is 426 g/mol. The molecule has 164 valence electrons. The number of nitrogens with zero attached hydrogens (tertiary/aromatic N) is 1. The van der Waals surface area contributed by atoms with Gasteiger partial charge in [-0.3, -0.25) is 19.1 Å². The van der Waals surface area contributed by atoms with Gasteiger partial charge >= 0.3 is 5.69 Å². The number of alkyl halides is 1. The molecular formula is C17H26FN2O7PS. The van der Waals surface area contributed by atoms with Crippen LogP contribution in [0.1, 0.15) is 32.9 Å². The van der Waals surface area contributed by atoms with Crippen molar-refractivity contribution < 1.29 is 27.7 Å². The van der Waals surface area contributed by atoms with E-state index in [0.29, 0.717) is 31.8 Å². The maximum absolute atomic E-state index is 14.9. The average Bonchev–Trinajstić information content (AvgIpc) is 3.02. The lowest BCUT2D eigenvalue weighted by molar-refractivity contribution is -0.110. The monoisotopic (exact) mass is 452 g/mol. The van der Waals surface area contributed by atoms with Gasteiger partial charge in [0.15, 0.2) is 26.5 Å². The van der Waals surface area contributed by atoms with Gasteiger partial charge in [0.05, 0.1) is 25.9 Å². The number of rotatable bonds is 12. The van der Waals surface area contributed by atoms with E-state index in [0.717, 1.165) is 10.6 Å². The zero-order valence-electron chi connectivity index (χ0n) is 16.3. The van der Waals surface area contributed by atoms with Crippen LogP contribution in [0.25, 0.3) is 0 Å². The van der Waals surface area contributed by atoms with Crippen LogP contribution in [0.4, 0.5) is 4.39 Å². The third-order valence-corrected chi connectivity index (χ3v) is 5.82. The van der Waals surface area contributed by atoms with E-state index in [2.05, 4.69) is 4.98 Å². The highest BCUT2D eigenvalue weighted by molar-refractivity contribution is 8.13. The lowest BCUT2D eigenvalue weighted by Gasteiger charge is -2.18. The lowest BCUT2D eigenvalue weighted by Crippen LogP contribution is -2.35. The molecule has 0 bridgehead atoms. The van der Waals surface area contributed by atoms with Gasteiger partial charge in [0, 0.05) is 24.4 Å². The van der Waals surface area contributed by atoms with Crippen molar-refractivity contribution in [2.75, 3.05) is 25.6 Å². The number of hydrogen-bond donors (Lipinski definition) is 1. The minimum absolute atomic E-state index is 0.132. The third kappa shape index (κ3) is 7.27. The standard InChI is InChI=1S/C17H26FN2O7PS/c1-3-11-15(27-28-25-8-7-24-9-10-29-13(22)4-2)14(18)16(26-11)20-6-5-12(21)19-17(20)23/h5-6,11,14-16,28H,3-4,7-10H2,1-2H3,(H,19,21,23)/t11-,14+,15?,16-/m1/s1. The summed E-state index contributed by atoms with van der Waals surface area (Å²) in [6.07, 6.45) is -2.01. The van der Waals surface area contributed by atoms with Crippen LogP contribution in [0.5, 0.6) is 0 Å². The molecule has 12 heteroatoms. The van der Waals surface area contributed by atoms with E-state index >= 15 is 0 Å². The zero-order chi connectivity index (χ0) is 21.2. The van der Waals surface area contributed by atoms with E-state index in [-0.39, 0.29) is 11.7 Å². The molecule has 29 heavy (non-hydrogen) atoms. The average molecular weight is 452 g/mol. The van der Waals surface area contributed by atoms with Crippen molar-refractivity contribution in [3.63, 3.8) is 0 Å². The summed E-state index contributed by atoms with van der Waals surface area (Å²) in [7, 11) is -0.413. The summed E-state index contributed by atoms with van der Waals surface area (Å²) in [6, 6.07) is 1.13. The number of carbonyl (C=O) groups is 1. The van der Waals surface area contributed by atoms with Crippen LogP contribution >= 0.6 is 20.8 Å². The van der Waals surface area contributed by atoms with Crippen LogP contribution in [0.15, 0.2) is 21.9 Å². The fraction of sp³-hybridized carbons (Fsp3) is 0.706. The second-order valence-corrected chi connectivity index (χ2v) is 7.98. The Bertz CT molecular complexity index is 762. The van der Waals surface area contributed by atoms with E-state index in [9.17, 15) is 18.8 Å². The number of thioether (sulfide) groups is 1. The normalized spacial score (nSPS) is 24.5. The second-order valence-electron chi connectivity index (χ2n) is 6.14. The van der Waals surface area contributed by atoms with Gasteiger partial charge in [-0.25, -0.2) is 9.18 Å². The molecule has 1 saturated heterocycles. The third-order valence-electron chi connectivity index (χ3n) is 4.15. The summed E-state index contributed by atoms with van der Waals surface area (Å²) >= 11 is 1.24. The van der Waals surface area contributed by atoms with Crippen LogP contribution in [0.2, 0.25) is 0 Å². The van der Waals surface area contributed by atoms with Gasteiger partial charge in [-0.05, 0) is 6.42 Å². The Labute approximate surface area is 173 Å². The highest BCUT2D eigenvalue weighted by Gasteiger charge is 2.46. The quantitative estimate of drug-likeness (QED) is 0.378. The van der Waals surface area contributed by atoms with Gasteiger partial charge in [0.2, 0.25) is 0 Å². The summed E-state index contributed by atoms with van der Waals surface area (Å²) in [5.41, 5.74) is -1.30. The minimum Gasteiger partial charge on any atom is -0.378 e. The maximum Gasteiger partial charge on any atom is 0.330 e. The molecule has 1 aromatic rings. The molecule has 0 spiro atoms. The number of halogens is 1. The molecule has 1 aliphatic heterocycles. The number of nitrogens with one attached hydrogen (secondary N) is 1. The molecule has 5 atom stereocenters. The number of hydrogen-bond acceptors (Lipinski definition) is 8. The molecule has 1 N–H and O–H groups in total. The topological polar surface area (TPSA) is 109 Å². The van der Waals surface area contributed by atoms with Crippen LogP contribution < -0.4 is 11.2 Å². The molecule has 0 aromatic carbocycles. The smallest absolute Gasteiger partial charge is 0.330 e. The summed E-state index contributed by atoms with van der Waals surface area (Å²) < 4.78 is 37.7. The first-order valence-electron chi connectivity index (χ1n) is 9.34. The van der Waals surface area contributed by atoms with Crippen LogP contribution in [0, 0.1) is 0 Å². The molecule has 0 aliphatic carbocycles. The highest BCUT2D eigenvalue weighted by Crippen LogP contribution is 2.37. The van der Waals surface area contributed by atoms with E-state index in [1.807, 2.05) is 13.8 Å². The molecule has 0 saturated carbocycles. The predicted octanol–water partition coefficient (Wildman–Crippen LogP) is 1.78. The van der Waals surface area contributed by atoms with Crippen molar-refractivity contribution in [1.82, 2.24) is 9.55 Å². The molecule has 2 heterocycles. The second kappa shape index (κ2) is 12.6. The SMILES string of the molecule is CCC(=O)SCCOCCOPOC1[C@@H](CC)O[C@@H](n2ccc(=O)[nH]c2=O)[C@H]1F. The summed E-state index contributed by atoms with van der Waals surface area (Å²) in [6.45, 7) is 4.69. The number of carbonyl (C=O) groups excluding carboxylic acids is 1. The zero-order valence-corrected chi connectivity index (χ0v) is 18.1. The van der Waals surface area contributed by atoms with Crippen LogP contribution in [-0.2, 0) is 23.3 Å². The highest BCUT2D eigenvalue weighted by atomic mass is 32.2. The first-order chi connectivity index (χ1) is 14.0. The minimum atomic E-state index is -1.59. The number of aromatic nitrogens is 2. The van der Waals surface area contributed by atoms with Gasteiger partial charge in [0.1, 0.15) is 6.10 Å². The predicted molar refractivity (Wildman–Crippen MR) is 108 cm³/mol. The van der Waals surface area contributed by atoms with Crippen molar-refractivity contribution in [3.8, 4) is 0 Å². The van der Waals surface area contributed by atoms with Gasteiger partial charge in [-0.1, -0.05) is 25.6 Å². The number of aromatic amines is 1. The summed E-state index contributed by atoms with van der Waals surface area (Å²) in [5, 5.41) is 0.132. The molecule has 0 amide bonds. The number of ether oxygens (including phenoxy) is 2. The van der Waals surface area contributed by atoms with Crippen molar-refractivity contribution >= 4 is 25.9 Å². The molecule has 2 unspecified atom stereocenters. The van der Waals surface area contributed by atoms with Gasteiger partial charge in [-0.2, -0.15) is 0 Å². The molecule has 1 aromatic heterocycles. The lowest BCUT2D eigenvalue weighted by atomic mass is 10.1. The fourth-order valence-corrected chi connectivity index (χ4v) is 3.93. The first kappa shape index (κ1) is 24.2. The Balaban J connectivity index is 1.72. The Morgan fingerprint density at radius 2 is 2.14 bits per heavy atom. The molecule has 2 rings (SSSR count). The van der Waals surface area contributed by atoms with E-state index in [1.165, 1.54) is 18.0 Å².